The quantitative estimate of drug-likeness (QED) is 0.149. The molecule has 0 spiro atoms. The Morgan fingerprint density at radius 2 is 2.03 bits per heavy atom. The second-order valence-corrected chi connectivity index (χ2v) is 9.42. The Bertz CT molecular complexity index is 797. The molecule has 0 aromatic heterocycles. The Morgan fingerprint density at radius 3 is 2.77 bits per heavy atom. The molecule has 0 bridgehead atoms. The summed E-state index contributed by atoms with van der Waals surface area (Å²) in [5.74, 6) is 0.516. The number of benzene rings is 1. The van der Waals surface area contributed by atoms with Gasteiger partial charge in [0, 0.05) is 23.0 Å². The van der Waals surface area contributed by atoms with E-state index >= 15 is 0 Å². The first-order valence-corrected chi connectivity index (χ1v) is 12.3. The third-order valence-corrected chi connectivity index (χ3v) is 6.33. The zero-order chi connectivity index (χ0) is 21.9. The van der Waals surface area contributed by atoms with E-state index in [0.717, 1.165) is 47.9 Å². The van der Waals surface area contributed by atoms with Gasteiger partial charge < -0.3 is 9.47 Å². The molecule has 0 unspecified atom stereocenters. The van der Waals surface area contributed by atoms with Crippen LogP contribution in [0.3, 0.4) is 0 Å². The molecule has 1 heterocycles. The molecule has 0 N–H and O–H groups in total. The van der Waals surface area contributed by atoms with Crippen molar-refractivity contribution in [3.8, 4) is 5.75 Å². The molecule has 0 radical (unpaired) electrons. The van der Waals surface area contributed by atoms with Crippen LogP contribution in [-0.4, -0.2) is 40.9 Å². The number of ether oxygens (including phenoxy) is 2. The molecule has 1 aliphatic rings. The van der Waals surface area contributed by atoms with E-state index in [1.807, 2.05) is 24.3 Å². The van der Waals surface area contributed by atoms with Crippen LogP contribution in [0.5, 0.6) is 5.75 Å². The second-order valence-electron chi connectivity index (χ2n) is 6.83. The van der Waals surface area contributed by atoms with Crippen molar-refractivity contribution >= 4 is 62.2 Å². The molecule has 164 valence electrons. The predicted molar refractivity (Wildman–Crippen MR) is 130 cm³/mol. The first-order chi connectivity index (χ1) is 14.5. The van der Waals surface area contributed by atoms with Gasteiger partial charge in [-0.05, 0) is 50.5 Å². The smallest absolute Gasteiger partial charge is 0.305 e. The third kappa shape index (κ3) is 7.71. The third-order valence-electron chi connectivity index (χ3n) is 4.46. The number of carbonyl (C=O) groups is 2. The SMILES string of the molecule is CCCCOc1ccc(Br)cc1/C=C1/SC(=S)N(CCCCCC(=O)OCC)C1=O. The van der Waals surface area contributed by atoms with Gasteiger partial charge in [-0.25, -0.2) is 0 Å². The largest absolute Gasteiger partial charge is 0.493 e. The molecule has 0 aliphatic carbocycles. The molecular weight excluding hydrogens is 486 g/mol. The van der Waals surface area contributed by atoms with Gasteiger partial charge >= 0.3 is 5.97 Å². The maximum absolute atomic E-state index is 12.9. The number of halogens is 1. The van der Waals surface area contributed by atoms with Crippen molar-refractivity contribution in [1.29, 1.82) is 0 Å². The average molecular weight is 515 g/mol. The summed E-state index contributed by atoms with van der Waals surface area (Å²) in [6.45, 7) is 5.53. The molecular formula is C22H28BrNO4S2. The van der Waals surface area contributed by atoms with Gasteiger partial charge in [0.05, 0.1) is 18.1 Å². The number of carbonyl (C=O) groups excluding carboxylic acids is 2. The van der Waals surface area contributed by atoms with E-state index in [4.69, 9.17) is 21.7 Å². The van der Waals surface area contributed by atoms with Crippen molar-refractivity contribution < 1.29 is 19.1 Å². The number of unbranched alkanes of at least 4 members (excludes halogenated alkanes) is 3. The predicted octanol–water partition coefficient (Wildman–Crippen LogP) is 5.95. The second kappa shape index (κ2) is 13.1. The molecule has 1 fully saturated rings. The van der Waals surface area contributed by atoms with Crippen molar-refractivity contribution in [3.63, 3.8) is 0 Å². The monoisotopic (exact) mass is 513 g/mol. The summed E-state index contributed by atoms with van der Waals surface area (Å²) in [5.41, 5.74) is 0.857. The Labute approximate surface area is 196 Å². The molecule has 1 aromatic rings. The lowest BCUT2D eigenvalue weighted by Gasteiger charge is -2.14. The fraction of sp³-hybridized carbons (Fsp3) is 0.500. The van der Waals surface area contributed by atoms with E-state index in [1.54, 1.807) is 11.8 Å². The zero-order valence-electron chi connectivity index (χ0n) is 17.4. The lowest BCUT2D eigenvalue weighted by molar-refractivity contribution is -0.143. The highest BCUT2D eigenvalue weighted by atomic mass is 79.9. The average Bonchev–Trinajstić information content (AvgIpc) is 2.97. The summed E-state index contributed by atoms with van der Waals surface area (Å²) in [6.07, 6.45) is 6.69. The molecule has 0 saturated carbocycles. The highest BCUT2D eigenvalue weighted by Gasteiger charge is 2.31. The molecule has 1 aliphatic heterocycles. The first kappa shape index (κ1) is 24.9. The van der Waals surface area contributed by atoms with Gasteiger partial charge in [0.2, 0.25) is 0 Å². The highest BCUT2D eigenvalue weighted by Crippen LogP contribution is 2.35. The van der Waals surface area contributed by atoms with Crippen LogP contribution in [0.1, 0.15) is 57.9 Å². The number of hydrogen-bond donors (Lipinski definition) is 0. The number of nitrogens with zero attached hydrogens (tertiary/aromatic N) is 1. The Morgan fingerprint density at radius 1 is 1.23 bits per heavy atom. The van der Waals surface area contributed by atoms with Crippen LogP contribution in [0.15, 0.2) is 27.6 Å². The minimum atomic E-state index is -0.169. The minimum absolute atomic E-state index is 0.0742. The summed E-state index contributed by atoms with van der Waals surface area (Å²) in [6, 6.07) is 5.79. The lowest BCUT2D eigenvalue weighted by atomic mass is 10.1. The van der Waals surface area contributed by atoms with E-state index in [2.05, 4.69) is 22.9 Å². The van der Waals surface area contributed by atoms with Crippen LogP contribution >= 0.6 is 39.9 Å². The van der Waals surface area contributed by atoms with Gasteiger partial charge in [-0.1, -0.05) is 59.7 Å². The van der Waals surface area contributed by atoms with Gasteiger partial charge in [0.15, 0.2) is 0 Å². The van der Waals surface area contributed by atoms with Crippen molar-refractivity contribution in [2.45, 2.75) is 52.4 Å². The number of rotatable bonds is 12. The summed E-state index contributed by atoms with van der Waals surface area (Å²) >= 11 is 10.2. The molecule has 1 amide bonds. The minimum Gasteiger partial charge on any atom is -0.493 e. The van der Waals surface area contributed by atoms with Crippen LogP contribution in [-0.2, 0) is 14.3 Å². The standard InChI is InChI=1S/C22H28BrNO4S2/c1-3-5-13-28-18-11-10-17(23)14-16(18)15-19-21(26)24(22(29)30-19)12-8-6-7-9-20(25)27-4-2/h10-11,14-15H,3-9,12-13H2,1-2H3/b19-15+. The summed E-state index contributed by atoms with van der Waals surface area (Å²) in [7, 11) is 0. The van der Waals surface area contributed by atoms with E-state index in [1.165, 1.54) is 11.8 Å². The van der Waals surface area contributed by atoms with Crippen molar-refractivity contribution in [1.82, 2.24) is 4.90 Å². The molecule has 1 aromatic carbocycles. The molecule has 2 rings (SSSR count). The van der Waals surface area contributed by atoms with Crippen LogP contribution in [0, 0.1) is 0 Å². The van der Waals surface area contributed by atoms with E-state index < -0.39 is 0 Å². The summed E-state index contributed by atoms with van der Waals surface area (Å²) in [5, 5.41) is 0. The normalized spacial score (nSPS) is 15.2. The van der Waals surface area contributed by atoms with Gasteiger partial charge in [-0.2, -0.15) is 0 Å². The van der Waals surface area contributed by atoms with Crippen molar-refractivity contribution in [2.75, 3.05) is 19.8 Å². The Kier molecular flexibility index (Phi) is 10.9. The fourth-order valence-electron chi connectivity index (χ4n) is 2.87. The summed E-state index contributed by atoms with van der Waals surface area (Å²) < 4.78 is 12.3. The molecule has 0 atom stereocenters. The number of hydrogen-bond acceptors (Lipinski definition) is 6. The fourth-order valence-corrected chi connectivity index (χ4v) is 4.55. The molecule has 30 heavy (non-hydrogen) atoms. The van der Waals surface area contributed by atoms with Gasteiger partial charge in [-0.3, -0.25) is 14.5 Å². The Hall–Kier alpha value is -1.38. The maximum Gasteiger partial charge on any atom is 0.305 e. The zero-order valence-corrected chi connectivity index (χ0v) is 20.7. The molecule has 8 heteroatoms. The number of thioether (sulfide) groups is 1. The number of thiocarbonyl (C=S) groups is 1. The van der Waals surface area contributed by atoms with E-state index in [9.17, 15) is 9.59 Å². The van der Waals surface area contributed by atoms with Crippen molar-refractivity contribution in [3.05, 3.63) is 33.1 Å². The van der Waals surface area contributed by atoms with Gasteiger partial charge in [0.1, 0.15) is 10.1 Å². The van der Waals surface area contributed by atoms with Gasteiger partial charge in [-0.15, -0.1) is 0 Å². The summed E-state index contributed by atoms with van der Waals surface area (Å²) in [4.78, 5) is 26.5. The van der Waals surface area contributed by atoms with E-state index in [-0.39, 0.29) is 11.9 Å². The van der Waals surface area contributed by atoms with Crippen LogP contribution in [0.4, 0.5) is 0 Å². The van der Waals surface area contributed by atoms with E-state index in [0.29, 0.717) is 35.4 Å². The van der Waals surface area contributed by atoms with Gasteiger partial charge in [0.25, 0.3) is 5.91 Å². The van der Waals surface area contributed by atoms with Crippen LogP contribution in [0.2, 0.25) is 0 Å². The van der Waals surface area contributed by atoms with Crippen molar-refractivity contribution in [2.24, 2.45) is 0 Å². The van der Waals surface area contributed by atoms with Crippen LogP contribution in [0.25, 0.3) is 6.08 Å². The maximum atomic E-state index is 12.9. The highest BCUT2D eigenvalue weighted by molar-refractivity contribution is 9.10. The van der Waals surface area contributed by atoms with Crippen LogP contribution < -0.4 is 4.74 Å². The number of esters is 1. The molecule has 5 nitrogen and oxygen atoms in total. The lowest BCUT2D eigenvalue weighted by Crippen LogP contribution is -2.29. The topological polar surface area (TPSA) is 55.8 Å². The molecule has 1 saturated heterocycles. The first-order valence-electron chi connectivity index (χ1n) is 10.3. The number of amides is 1. The Balaban J connectivity index is 1.96.